The summed E-state index contributed by atoms with van der Waals surface area (Å²) < 4.78 is 13.7. The van der Waals surface area contributed by atoms with Crippen LogP contribution in [0.2, 0.25) is 0 Å². The number of nitrogens with one attached hydrogen (secondary N) is 1. The monoisotopic (exact) mass is 330 g/mol. The van der Waals surface area contributed by atoms with Crippen molar-refractivity contribution in [3.8, 4) is 0 Å². The van der Waals surface area contributed by atoms with Gasteiger partial charge >= 0.3 is 0 Å². The molecule has 1 N–H and O–H groups in total. The van der Waals surface area contributed by atoms with Crippen LogP contribution in [0.25, 0.3) is 10.2 Å². The lowest BCUT2D eigenvalue weighted by atomic mass is 10.2. The third-order valence-corrected chi connectivity index (χ3v) is 4.21. The second-order valence-electron chi connectivity index (χ2n) is 3.88. The van der Waals surface area contributed by atoms with Crippen LogP contribution >= 0.6 is 27.3 Å². The Bertz CT molecular complexity index is 572. The summed E-state index contributed by atoms with van der Waals surface area (Å²) in [6.45, 7) is 2.02. The molecule has 0 aliphatic heterocycles. The van der Waals surface area contributed by atoms with Crippen LogP contribution in [0.5, 0.6) is 0 Å². The molecule has 1 unspecified atom stereocenters. The maximum Gasteiger partial charge on any atom is 0.239 e. The molecule has 1 heterocycles. The van der Waals surface area contributed by atoms with Crippen molar-refractivity contribution in [1.82, 2.24) is 4.98 Å². The Balaban J connectivity index is 2.14. The van der Waals surface area contributed by atoms with Gasteiger partial charge in [-0.3, -0.25) is 4.79 Å². The molecule has 96 valence electrons. The summed E-state index contributed by atoms with van der Waals surface area (Å²) >= 11 is 4.59. The second kappa shape index (κ2) is 5.75. The maximum atomic E-state index is 13.0. The molecule has 1 aromatic carbocycles. The Morgan fingerprint density at radius 1 is 1.61 bits per heavy atom. The number of anilines is 1. The topological polar surface area (TPSA) is 42.0 Å². The fourth-order valence-electron chi connectivity index (χ4n) is 1.52. The van der Waals surface area contributed by atoms with E-state index in [4.69, 9.17) is 0 Å². The van der Waals surface area contributed by atoms with Gasteiger partial charge in [-0.1, -0.05) is 40.6 Å². The van der Waals surface area contributed by atoms with Gasteiger partial charge in [0.25, 0.3) is 0 Å². The lowest BCUT2D eigenvalue weighted by molar-refractivity contribution is -0.115. The Labute approximate surface area is 117 Å². The molecule has 0 fully saturated rings. The van der Waals surface area contributed by atoms with E-state index >= 15 is 0 Å². The summed E-state index contributed by atoms with van der Waals surface area (Å²) in [5.74, 6) is -0.412. The first kappa shape index (κ1) is 13.4. The summed E-state index contributed by atoms with van der Waals surface area (Å²) in [5.41, 5.74) is 0.693. The van der Waals surface area contributed by atoms with Crippen molar-refractivity contribution < 1.29 is 9.18 Å². The first-order valence-electron chi connectivity index (χ1n) is 5.61. The van der Waals surface area contributed by atoms with Gasteiger partial charge in [0.05, 0.1) is 15.0 Å². The molecule has 0 bridgehead atoms. The van der Waals surface area contributed by atoms with Crippen molar-refractivity contribution in [2.24, 2.45) is 0 Å². The molecule has 1 atom stereocenters. The highest BCUT2D eigenvalue weighted by Crippen LogP contribution is 2.27. The molecule has 0 aliphatic rings. The van der Waals surface area contributed by atoms with E-state index in [2.05, 4.69) is 26.2 Å². The number of amides is 1. The standard InChI is InChI=1S/C12H12BrFN2OS/c1-2-3-8(13)11(17)16-12-15-9-5-4-7(14)6-10(9)18-12/h4-6,8H,2-3H2,1H3,(H,15,16,17). The minimum atomic E-state index is -0.298. The first-order chi connectivity index (χ1) is 8.60. The van der Waals surface area contributed by atoms with E-state index in [9.17, 15) is 9.18 Å². The van der Waals surface area contributed by atoms with Gasteiger partial charge in [-0.25, -0.2) is 9.37 Å². The number of carbonyl (C=O) groups excluding carboxylic acids is 1. The van der Waals surface area contributed by atoms with Crippen LogP contribution in [-0.4, -0.2) is 15.7 Å². The lowest BCUT2D eigenvalue weighted by Crippen LogP contribution is -2.22. The average molecular weight is 331 g/mol. The van der Waals surface area contributed by atoms with E-state index in [1.807, 2.05) is 6.92 Å². The van der Waals surface area contributed by atoms with Gasteiger partial charge in [0.2, 0.25) is 5.91 Å². The highest BCUT2D eigenvalue weighted by Gasteiger charge is 2.15. The molecule has 0 aliphatic carbocycles. The average Bonchev–Trinajstić information content (AvgIpc) is 2.70. The second-order valence-corrected chi connectivity index (χ2v) is 6.01. The van der Waals surface area contributed by atoms with Crippen molar-refractivity contribution >= 4 is 48.5 Å². The Hall–Kier alpha value is -1.01. The number of alkyl halides is 1. The van der Waals surface area contributed by atoms with E-state index in [0.717, 1.165) is 17.5 Å². The number of thiazole rings is 1. The quantitative estimate of drug-likeness (QED) is 0.863. The number of nitrogens with zero attached hydrogens (tertiary/aromatic N) is 1. The SMILES string of the molecule is CCCC(Br)C(=O)Nc1nc2ccc(F)cc2s1. The van der Waals surface area contributed by atoms with Crippen LogP contribution in [0.4, 0.5) is 9.52 Å². The zero-order valence-electron chi connectivity index (χ0n) is 9.74. The number of halogens is 2. The van der Waals surface area contributed by atoms with E-state index < -0.39 is 0 Å². The van der Waals surface area contributed by atoms with Gasteiger partial charge in [0, 0.05) is 0 Å². The van der Waals surface area contributed by atoms with Crippen molar-refractivity contribution in [2.45, 2.75) is 24.6 Å². The summed E-state index contributed by atoms with van der Waals surface area (Å²) in [5, 5.41) is 3.24. The Kier molecular flexibility index (Phi) is 4.29. The van der Waals surface area contributed by atoms with Gasteiger partial charge in [0.1, 0.15) is 5.82 Å². The van der Waals surface area contributed by atoms with Gasteiger partial charge < -0.3 is 5.32 Å². The van der Waals surface area contributed by atoms with Gasteiger partial charge in [0.15, 0.2) is 5.13 Å². The fraction of sp³-hybridized carbons (Fsp3) is 0.333. The van der Waals surface area contributed by atoms with Crippen LogP contribution in [-0.2, 0) is 4.79 Å². The molecule has 0 spiro atoms. The number of rotatable bonds is 4. The highest BCUT2D eigenvalue weighted by molar-refractivity contribution is 9.10. The molecule has 1 aromatic heterocycles. The van der Waals surface area contributed by atoms with Crippen molar-refractivity contribution in [3.63, 3.8) is 0 Å². The maximum absolute atomic E-state index is 13.0. The summed E-state index contributed by atoms with van der Waals surface area (Å²) in [6.07, 6.45) is 1.69. The molecule has 6 heteroatoms. The third kappa shape index (κ3) is 3.05. The van der Waals surface area contributed by atoms with Crippen LogP contribution in [0.3, 0.4) is 0 Å². The molecule has 0 radical (unpaired) electrons. The predicted octanol–water partition coefficient (Wildman–Crippen LogP) is 3.94. The molecular weight excluding hydrogens is 319 g/mol. The third-order valence-electron chi connectivity index (χ3n) is 2.41. The smallest absolute Gasteiger partial charge is 0.239 e. The van der Waals surface area contributed by atoms with Crippen molar-refractivity contribution in [3.05, 3.63) is 24.0 Å². The van der Waals surface area contributed by atoms with E-state index in [1.165, 1.54) is 23.5 Å². The highest BCUT2D eigenvalue weighted by atomic mass is 79.9. The summed E-state index contributed by atoms with van der Waals surface area (Å²) in [4.78, 5) is 15.8. The number of carbonyl (C=O) groups is 1. The molecule has 0 saturated heterocycles. The zero-order valence-corrected chi connectivity index (χ0v) is 12.1. The number of hydrogen-bond donors (Lipinski definition) is 1. The number of benzene rings is 1. The predicted molar refractivity (Wildman–Crippen MR) is 75.8 cm³/mol. The van der Waals surface area contributed by atoms with E-state index in [1.54, 1.807) is 6.07 Å². The summed E-state index contributed by atoms with van der Waals surface area (Å²) in [7, 11) is 0. The largest absolute Gasteiger partial charge is 0.301 e. The van der Waals surface area contributed by atoms with Crippen LogP contribution in [0.15, 0.2) is 18.2 Å². The lowest BCUT2D eigenvalue weighted by Gasteiger charge is -2.06. The number of aromatic nitrogens is 1. The first-order valence-corrected chi connectivity index (χ1v) is 7.34. The van der Waals surface area contributed by atoms with Gasteiger partial charge in [-0.2, -0.15) is 0 Å². The zero-order chi connectivity index (χ0) is 13.1. The molecule has 0 saturated carbocycles. The number of fused-ring (bicyclic) bond motifs is 1. The van der Waals surface area contributed by atoms with E-state index in [-0.39, 0.29) is 16.6 Å². The van der Waals surface area contributed by atoms with E-state index in [0.29, 0.717) is 10.6 Å². The molecule has 2 rings (SSSR count). The molecular formula is C12H12BrFN2OS. The molecule has 1 amide bonds. The van der Waals surface area contributed by atoms with Crippen molar-refractivity contribution in [2.75, 3.05) is 5.32 Å². The molecule has 18 heavy (non-hydrogen) atoms. The minimum absolute atomic E-state index is 0.114. The Morgan fingerprint density at radius 3 is 3.11 bits per heavy atom. The minimum Gasteiger partial charge on any atom is -0.301 e. The normalized spacial score (nSPS) is 12.6. The Morgan fingerprint density at radius 2 is 2.39 bits per heavy atom. The van der Waals surface area contributed by atoms with Crippen molar-refractivity contribution in [1.29, 1.82) is 0 Å². The van der Waals surface area contributed by atoms with Crippen LogP contribution in [0, 0.1) is 5.82 Å². The fourth-order valence-corrected chi connectivity index (χ4v) is 2.99. The van der Waals surface area contributed by atoms with Crippen LogP contribution < -0.4 is 5.32 Å². The molecule has 3 nitrogen and oxygen atoms in total. The summed E-state index contributed by atoms with van der Waals surface area (Å²) in [6, 6.07) is 4.38. The van der Waals surface area contributed by atoms with Gasteiger partial charge in [-0.15, -0.1) is 0 Å². The van der Waals surface area contributed by atoms with Crippen LogP contribution in [0.1, 0.15) is 19.8 Å². The molecule has 2 aromatic rings. The van der Waals surface area contributed by atoms with Gasteiger partial charge in [-0.05, 0) is 24.6 Å². The number of hydrogen-bond acceptors (Lipinski definition) is 3.